The third-order valence-corrected chi connectivity index (χ3v) is 7.32. The number of benzene rings is 1. The van der Waals surface area contributed by atoms with Gasteiger partial charge in [-0.25, -0.2) is 4.39 Å². The van der Waals surface area contributed by atoms with Gasteiger partial charge in [0.1, 0.15) is 5.82 Å². The van der Waals surface area contributed by atoms with E-state index < -0.39 is 5.60 Å². The molecule has 0 amide bonds. The molecule has 5 rings (SSSR count). The summed E-state index contributed by atoms with van der Waals surface area (Å²) in [7, 11) is 0. The first-order valence-electron chi connectivity index (χ1n) is 9.00. The van der Waals surface area contributed by atoms with Crippen LogP contribution in [0, 0.1) is 51.3 Å². The van der Waals surface area contributed by atoms with Crippen LogP contribution in [0.2, 0.25) is 0 Å². The molecule has 1 saturated carbocycles. The lowest BCUT2D eigenvalue weighted by molar-refractivity contribution is -0.182. The molecule has 4 bridgehead atoms. The highest BCUT2D eigenvalue weighted by Crippen LogP contribution is 2.51. The lowest BCUT2D eigenvalue weighted by Gasteiger charge is -2.60. The summed E-state index contributed by atoms with van der Waals surface area (Å²) >= 11 is 0. The second-order valence-corrected chi connectivity index (χ2v) is 8.41. The minimum absolute atomic E-state index is 0.0897. The van der Waals surface area contributed by atoms with Gasteiger partial charge in [0, 0.05) is 37.9 Å². The molecule has 3 aliphatic heterocycles. The highest BCUT2D eigenvalue weighted by atomic mass is 19.1. The maximum absolute atomic E-state index is 15.0. The zero-order valence-corrected chi connectivity index (χ0v) is 14.7. The van der Waals surface area contributed by atoms with Crippen molar-refractivity contribution in [3.63, 3.8) is 0 Å². The largest absolute Gasteiger partial charge is 0.389 e. The summed E-state index contributed by atoms with van der Waals surface area (Å²) in [5, 5.41) is 11.5. The molecule has 0 spiro atoms. The van der Waals surface area contributed by atoms with E-state index in [9.17, 15) is 9.50 Å². The molecule has 3 heterocycles. The Balaban J connectivity index is 1.74. The first kappa shape index (κ1) is 15.6. The van der Waals surface area contributed by atoms with Gasteiger partial charge in [-0.2, -0.15) is 0 Å². The molecule has 2 nitrogen and oxygen atoms in total. The van der Waals surface area contributed by atoms with Crippen molar-refractivity contribution in [1.82, 2.24) is 4.90 Å². The molecule has 3 heteroatoms. The highest BCUT2D eigenvalue weighted by molar-refractivity contribution is 5.45. The van der Waals surface area contributed by atoms with Crippen molar-refractivity contribution in [3.05, 3.63) is 33.6 Å². The highest BCUT2D eigenvalue weighted by Gasteiger charge is 2.56. The molecule has 4 unspecified atom stereocenters. The Morgan fingerprint density at radius 2 is 1.52 bits per heavy atom. The number of halogens is 1. The summed E-state index contributed by atoms with van der Waals surface area (Å²) in [4.78, 5) is 2.51. The Labute approximate surface area is 138 Å². The van der Waals surface area contributed by atoms with Crippen molar-refractivity contribution in [2.24, 2.45) is 17.8 Å². The monoisotopic (exact) mass is 317 g/mol. The lowest BCUT2D eigenvalue weighted by atomic mass is 9.57. The molecule has 1 aliphatic carbocycles. The van der Waals surface area contributed by atoms with Gasteiger partial charge in [-0.1, -0.05) is 0 Å². The third kappa shape index (κ3) is 2.12. The van der Waals surface area contributed by atoms with Crippen LogP contribution < -0.4 is 0 Å². The van der Waals surface area contributed by atoms with Gasteiger partial charge in [-0.05, 0) is 74.3 Å². The van der Waals surface area contributed by atoms with Crippen LogP contribution in [0.25, 0.3) is 0 Å². The lowest BCUT2D eigenvalue weighted by Crippen LogP contribution is -2.67. The van der Waals surface area contributed by atoms with E-state index in [0.717, 1.165) is 54.1 Å². The minimum atomic E-state index is -0.715. The van der Waals surface area contributed by atoms with E-state index in [1.54, 1.807) is 0 Å². The van der Waals surface area contributed by atoms with Crippen LogP contribution in [0.5, 0.6) is 0 Å². The van der Waals surface area contributed by atoms with Crippen molar-refractivity contribution in [2.75, 3.05) is 19.6 Å². The van der Waals surface area contributed by atoms with Crippen LogP contribution in [-0.2, 0) is 6.42 Å². The number of hydrogen-bond donors (Lipinski definition) is 1. The Bertz CT molecular complexity index is 609. The molecule has 4 fully saturated rings. The topological polar surface area (TPSA) is 23.5 Å². The third-order valence-electron chi connectivity index (χ3n) is 7.32. The average Bonchev–Trinajstić information content (AvgIpc) is 2.52. The standard InChI is InChI=1S/C20H28FNO/c1-11-12(2)14(4)19(21)18(13(11)3)7-20(23)16-5-15-6-17(20)10-22(8-15)9-16/h15-17,23H,5-10H2,1-4H3/t15?,16-,17?,20?/m1/s1. The van der Waals surface area contributed by atoms with Crippen molar-refractivity contribution in [3.8, 4) is 0 Å². The maximum atomic E-state index is 15.0. The second-order valence-electron chi connectivity index (χ2n) is 8.41. The summed E-state index contributed by atoms with van der Waals surface area (Å²) in [5.41, 5.74) is 4.05. The van der Waals surface area contributed by atoms with Crippen LogP contribution in [0.15, 0.2) is 0 Å². The first-order chi connectivity index (χ1) is 10.8. The van der Waals surface area contributed by atoms with Crippen LogP contribution in [-0.4, -0.2) is 35.2 Å². The Hall–Kier alpha value is -0.930. The SMILES string of the molecule is Cc1c(C)c(C)c(CC2(O)C3CC4C[C@@H]2CN(C4)C3)c(F)c1C. The summed E-state index contributed by atoms with van der Waals surface area (Å²) in [6.45, 7) is 11.2. The molecule has 0 aromatic heterocycles. The second kappa shape index (κ2) is 5.03. The summed E-state index contributed by atoms with van der Waals surface area (Å²) in [6.07, 6.45) is 2.73. The summed E-state index contributed by atoms with van der Waals surface area (Å²) in [6, 6.07) is 0. The van der Waals surface area contributed by atoms with Gasteiger partial charge in [-0.3, -0.25) is 0 Å². The quantitative estimate of drug-likeness (QED) is 0.904. The van der Waals surface area contributed by atoms with Gasteiger partial charge < -0.3 is 10.0 Å². The van der Waals surface area contributed by atoms with E-state index in [2.05, 4.69) is 11.8 Å². The van der Waals surface area contributed by atoms with E-state index in [1.165, 1.54) is 12.1 Å². The molecule has 23 heavy (non-hydrogen) atoms. The van der Waals surface area contributed by atoms with E-state index in [-0.39, 0.29) is 5.82 Å². The number of nitrogens with zero attached hydrogens (tertiary/aromatic N) is 1. The fourth-order valence-electron chi connectivity index (χ4n) is 5.60. The van der Waals surface area contributed by atoms with Gasteiger partial charge in [-0.15, -0.1) is 0 Å². The molecule has 1 aromatic rings. The van der Waals surface area contributed by atoms with E-state index in [1.807, 2.05) is 20.8 Å². The zero-order valence-electron chi connectivity index (χ0n) is 14.7. The number of piperidine rings is 3. The maximum Gasteiger partial charge on any atom is 0.129 e. The van der Waals surface area contributed by atoms with E-state index >= 15 is 0 Å². The number of aliphatic hydroxyl groups is 1. The van der Waals surface area contributed by atoms with Gasteiger partial charge in [0.15, 0.2) is 0 Å². The molecule has 4 aliphatic rings. The molecule has 1 aromatic carbocycles. The molecule has 126 valence electrons. The molecule has 1 N–H and O–H groups in total. The molecule has 3 saturated heterocycles. The van der Waals surface area contributed by atoms with Gasteiger partial charge in [0.05, 0.1) is 5.60 Å². The average molecular weight is 317 g/mol. The van der Waals surface area contributed by atoms with Crippen LogP contribution >= 0.6 is 0 Å². The van der Waals surface area contributed by atoms with Crippen LogP contribution in [0.1, 0.15) is 40.7 Å². The summed E-state index contributed by atoms with van der Waals surface area (Å²) < 4.78 is 15.0. The number of rotatable bonds is 2. The van der Waals surface area contributed by atoms with E-state index in [0.29, 0.717) is 18.3 Å². The fraction of sp³-hybridized carbons (Fsp3) is 0.700. The molecule has 5 atom stereocenters. The Morgan fingerprint density at radius 1 is 0.957 bits per heavy atom. The van der Waals surface area contributed by atoms with Crippen LogP contribution in [0.4, 0.5) is 4.39 Å². The molecule has 0 radical (unpaired) electrons. The zero-order chi connectivity index (χ0) is 16.5. The predicted octanol–water partition coefficient (Wildman–Crippen LogP) is 3.30. The Morgan fingerprint density at radius 3 is 2.09 bits per heavy atom. The molecular formula is C20H28FNO. The number of hydrogen-bond acceptors (Lipinski definition) is 2. The summed E-state index contributed by atoms with van der Waals surface area (Å²) in [5.74, 6) is 1.29. The van der Waals surface area contributed by atoms with Crippen molar-refractivity contribution >= 4 is 0 Å². The van der Waals surface area contributed by atoms with Crippen molar-refractivity contribution < 1.29 is 9.50 Å². The van der Waals surface area contributed by atoms with Gasteiger partial charge in [0.25, 0.3) is 0 Å². The smallest absolute Gasteiger partial charge is 0.129 e. The first-order valence-corrected chi connectivity index (χ1v) is 9.00. The fourth-order valence-corrected chi connectivity index (χ4v) is 5.60. The van der Waals surface area contributed by atoms with Gasteiger partial charge in [0.2, 0.25) is 0 Å². The predicted molar refractivity (Wildman–Crippen MR) is 90.1 cm³/mol. The Kier molecular flexibility index (Phi) is 3.41. The van der Waals surface area contributed by atoms with Crippen molar-refractivity contribution in [2.45, 2.75) is 52.6 Å². The van der Waals surface area contributed by atoms with Crippen LogP contribution in [0.3, 0.4) is 0 Å². The molecular weight excluding hydrogens is 289 g/mol. The van der Waals surface area contributed by atoms with Crippen molar-refractivity contribution in [1.29, 1.82) is 0 Å². The normalized spacial score (nSPS) is 38.3. The van der Waals surface area contributed by atoms with Gasteiger partial charge >= 0.3 is 0 Å². The van der Waals surface area contributed by atoms with E-state index in [4.69, 9.17) is 0 Å². The minimum Gasteiger partial charge on any atom is -0.389 e.